The normalized spacial score (nSPS) is 16.7. The number of para-hydroxylation sites is 1. The van der Waals surface area contributed by atoms with Crippen LogP contribution < -0.4 is 10.6 Å². The fourth-order valence-electron chi connectivity index (χ4n) is 2.41. The Labute approximate surface area is 109 Å². The van der Waals surface area contributed by atoms with E-state index in [1.165, 1.54) is 18.9 Å². The third-order valence-electron chi connectivity index (χ3n) is 3.49. The van der Waals surface area contributed by atoms with Crippen molar-refractivity contribution in [3.63, 3.8) is 0 Å². The maximum atomic E-state index is 14.2. The second-order valence-corrected chi connectivity index (χ2v) is 5.36. The van der Waals surface area contributed by atoms with Gasteiger partial charge in [0.2, 0.25) is 0 Å². The summed E-state index contributed by atoms with van der Waals surface area (Å²) in [5.74, 6) is 0.607. The lowest BCUT2D eigenvalue weighted by molar-refractivity contribution is 0.601. The van der Waals surface area contributed by atoms with Crippen LogP contribution in [0.3, 0.4) is 0 Å². The van der Waals surface area contributed by atoms with Crippen molar-refractivity contribution in [2.75, 3.05) is 18.0 Å². The third-order valence-corrected chi connectivity index (χ3v) is 3.49. The van der Waals surface area contributed by atoms with Gasteiger partial charge in [-0.2, -0.15) is 0 Å². The van der Waals surface area contributed by atoms with Gasteiger partial charge in [-0.1, -0.05) is 19.1 Å². The molecule has 3 heteroatoms. The highest BCUT2D eigenvalue weighted by atomic mass is 19.1. The summed E-state index contributed by atoms with van der Waals surface area (Å²) in [6.07, 6.45) is 3.59. The molecule has 100 valence electrons. The number of anilines is 1. The van der Waals surface area contributed by atoms with Gasteiger partial charge >= 0.3 is 0 Å². The van der Waals surface area contributed by atoms with Gasteiger partial charge < -0.3 is 10.6 Å². The highest BCUT2D eigenvalue weighted by Crippen LogP contribution is 2.34. The van der Waals surface area contributed by atoms with Crippen LogP contribution in [0.1, 0.15) is 44.7 Å². The average molecular weight is 250 g/mol. The number of hydrogen-bond donors (Lipinski definition) is 1. The van der Waals surface area contributed by atoms with Gasteiger partial charge in [0.05, 0.1) is 5.69 Å². The van der Waals surface area contributed by atoms with Gasteiger partial charge in [-0.05, 0) is 43.7 Å². The Morgan fingerprint density at radius 2 is 2.17 bits per heavy atom. The smallest absolute Gasteiger partial charge is 0.146 e. The molecule has 0 heterocycles. The van der Waals surface area contributed by atoms with Crippen LogP contribution in [0.15, 0.2) is 18.2 Å². The molecule has 0 unspecified atom stereocenters. The van der Waals surface area contributed by atoms with Crippen molar-refractivity contribution in [2.24, 2.45) is 11.7 Å². The summed E-state index contributed by atoms with van der Waals surface area (Å²) in [7, 11) is 0. The monoisotopic (exact) mass is 250 g/mol. The first kappa shape index (κ1) is 13.3. The summed E-state index contributed by atoms with van der Waals surface area (Å²) < 4.78 is 14.2. The van der Waals surface area contributed by atoms with Crippen LogP contribution in [0, 0.1) is 11.7 Å². The summed E-state index contributed by atoms with van der Waals surface area (Å²) in [6, 6.07) is 5.10. The molecule has 2 N–H and O–H groups in total. The van der Waals surface area contributed by atoms with Gasteiger partial charge in [-0.3, -0.25) is 0 Å². The summed E-state index contributed by atoms with van der Waals surface area (Å²) in [6.45, 7) is 5.91. The van der Waals surface area contributed by atoms with Crippen molar-refractivity contribution in [1.29, 1.82) is 0 Å². The predicted molar refractivity (Wildman–Crippen MR) is 74.2 cm³/mol. The van der Waals surface area contributed by atoms with Crippen molar-refractivity contribution < 1.29 is 4.39 Å². The largest absolute Gasteiger partial charge is 0.369 e. The van der Waals surface area contributed by atoms with E-state index < -0.39 is 0 Å². The third kappa shape index (κ3) is 3.02. The molecule has 1 fully saturated rings. The van der Waals surface area contributed by atoms with Gasteiger partial charge in [0.25, 0.3) is 0 Å². The Morgan fingerprint density at radius 3 is 2.72 bits per heavy atom. The van der Waals surface area contributed by atoms with E-state index in [-0.39, 0.29) is 11.9 Å². The van der Waals surface area contributed by atoms with Crippen molar-refractivity contribution >= 4 is 5.69 Å². The van der Waals surface area contributed by atoms with E-state index in [4.69, 9.17) is 5.73 Å². The lowest BCUT2D eigenvalue weighted by Gasteiger charge is -2.28. The molecule has 0 bridgehead atoms. The first-order valence-electron chi connectivity index (χ1n) is 6.92. The molecule has 18 heavy (non-hydrogen) atoms. The van der Waals surface area contributed by atoms with E-state index in [1.54, 1.807) is 6.07 Å². The van der Waals surface area contributed by atoms with E-state index in [9.17, 15) is 4.39 Å². The molecule has 0 aliphatic heterocycles. The minimum atomic E-state index is -0.140. The summed E-state index contributed by atoms with van der Waals surface area (Å²) in [5.41, 5.74) is 7.61. The fraction of sp³-hybridized carbons (Fsp3) is 0.600. The Morgan fingerprint density at radius 1 is 1.44 bits per heavy atom. The number of benzene rings is 1. The molecule has 1 saturated carbocycles. The molecule has 1 atom stereocenters. The molecule has 1 aliphatic rings. The van der Waals surface area contributed by atoms with Crippen molar-refractivity contribution in [2.45, 2.75) is 39.2 Å². The number of rotatable bonds is 6. The molecule has 0 amide bonds. The van der Waals surface area contributed by atoms with Crippen LogP contribution in [0.5, 0.6) is 0 Å². The SMILES string of the molecule is CCCN(CC1CC1)c1c(F)cccc1[C@H](C)N. The predicted octanol–water partition coefficient (Wildman–Crippen LogP) is 3.47. The number of nitrogens with zero attached hydrogens (tertiary/aromatic N) is 1. The van der Waals surface area contributed by atoms with Crippen molar-refractivity contribution in [3.8, 4) is 0 Å². The zero-order valence-electron chi connectivity index (χ0n) is 11.3. The van der Waals surface area contributed by atoms with Gasteiger partial charge in [0.15, 0.2) is 0 Å². The number of hydrogen-bond acceptors (Lipinski definition) is 2. The average Bonchev–Trinajstić information content (AvgIpc) is 3.12. The van der Waals surface area contributed by atoms with Crippen molar-refractivity contribution in [1.82, 2.24) is 0 Å². The molecule has 1 aromatic carbocycles. The van der Waals surface area contributed by atoms with E-state index in [0.717, 1.165) is 36.7 Å². The Kier molecular flexibility index (Phi) is 4.23. The maximum Gasteiger partial charge on any atom is 0.146 e. The fourth-order valence-corrected chi connectivity index (χ4v) is 2.41. The van der Waals surface area contributed by atoms with E-state index >= 15 is 0 Å². The van der Waals surface area contributed by atoms with Gasteiger partial charge in [0.1, 0.15) is 5.82 Å². The zero-order valence-corrected chi connectivity index (χ0v) is 11.3. The quantitative estimate of drug-likeness (QED) is 0.837. The molecule has 0 saturated heterocycles. The van der Waals surface area contributed by atoms with Crippen LogP contribution in [0.2, 0.25) is 0 Å². The molecule has 2 nitrogen and oxygen atoms in total. The standard InChI is InChI=1S/C15H23FN2/c1-3-9-18(10-12-7-8-12)15-13(11(2)17)5-4-6-14(15)16/h4-6,11-12H,3,7-10,17H2,1-2H3/t11-/m0/s1. The summed E-state index contributed by atoms with van der Waals surface area (Å²) >= 11 is 0. The van der Waals surface area contributed by atoms with Crippen LogP contribution >= 0.6 is 0 Å². The number of halogens is 1. The van der Waals surface area contributed by atoms with Crippen LogP contribution in [-0.4, -0.2) is 13.1 Å². The first-order chi connectivity index (χ1) is 8.63. The van der Waals surface area contributed by atoms with Gasteiger partial charge in [-0.15, -0.1) is 0 Å². The highest BCUT2D eigenvalue weighted by Gasteiger charge is 2.26. The van der Waals surface area contributed by atoms with Gasteiger partial charge in [0, 0.05) is 19.1 Å². The lowest BCUT2D eigenvalue weighted by atomic mass is 10.0. The molecule has 1 aliphatic carbocycles. The number of nitrogens with two attached hydrogens (primary N) is 1. The van der Waals surface area contributed by atoms with Crippen LogP contribution in [0.25, 0.3) is 0 Å². The molecule has 0 aromatic heterocycles. The van der Waals surface area contributed by atoms with E-state index in [0.29, 0.717) is 0 Å². The Hall–Kier alpha value is -1.09. The second-order valence-electron chi connectivity index (χ2n) is 5.36. The van der Waals surface area contributed by atoms with E-state index in [2.05, 4.69) is 11.8 Å². The molecule has 0 radical (unpaired) electrons. The van der Waals surface area contributed by atoms with Crippen molar-refractivity contribution in [3.05, 3.63) is 29.6 Å². The molecular weight excluding hydrogens is 227 g/mol. The summed E-state index contributed by atoms with van der Waals surface area (Å²) in [5, 5.41) is 0. The van der Waals surface area contributed by atoms with Gasteiger partial charge in [-0.25, -0.2) is 4.39 Å². The van der Waals surface area contributed by atoms with Crippen LogP contribution in [-0.2, 0) is 0 Å². The first-order valence-corrected chi connectivity index (χ1v) is 6.92. The maximum absolute atomic E-state index is 14.2. The molecule has 0 spiro atoms. The lowest BCUT2D eigenvalue weighted by Crippen LogP contribution is -2.29. The molecule has 2 rings (SSSR count). The molecule has 1 aromatic rings. The summed E-state index contributed by atoms with van der Waals surface area (Å²) in [4.78, 5) is 2.19. The highest BCUT2D eigenvalue weighted by molar-refractivity contribution is 5.56. The minimum absolute atomic E-state index is 0.130. The Bertz CT molecular complexity index is 399. The topological polar surface area (TPSA) is 29.3 Å². The Balaban J connectivity index is 2.31. The van der Waals surface area contributed by atoms with Crippen LogP contribution in [0.4, 0.5) is 10.1 Å². The zero-order chi connectivity index (χ0) is 13.1. The second kappa shape index (κ2) is 5.70. The minimum Gasteiger partial charge on any atom is -0.369 e. The molecular formula is C15H23FN2. The van der Waals surface area contributed by atoms with E-state index in [1.807, 2.05) is 13.0 Å².